The number of aryl methyl sites for hydroxylation is 1. The molecule has 2 amide bonds. The van der Waals surface area contributed by atoms with Crippen molar-refractivity contribution in [2.75, 3.05) is 6.54 Å². The number of nitrogens with one attached hydrogen (secondary N) is 2. The molecule has 24 heavy (non-hydrogen) atoms. The molecule has 1 atom stereocenters. The first kappa shape index (κ1) is 16.1. The van der Waals surface area contributed by atoms with Crippen molar-refractivity contribution in [1.82, 2.24) is 20.2 Å². The topological polar surface area (TPSA) is 59.0 Å². The van der Waals surface area contributed by atoms with E-state index in [-0.39, 0.29) is 12.1 Å². The van der Waals surface area contributed by atoms with Gasteiger partial charge in [-0.3, -0.25) is 0 Å². The lowest BCUT2D eigenvalue weighted by Crippen LogP contribution is -2.37. The van der Waals surface area contributed by atoms with Crippen molar-refractivity contribution in [3.8, 4) is 0 Å². The minimum atomic E-state index is -0.137. The van der Waals surface area contributed by atoms with Crippen molar-refractivity contribution in [1.29, 1.82) is 0 Å². The van der Waals surface area contributed by atoms with Gasteiger partial charge in [0, 0.05) is 13.1 Å². The molecule has 3 rings (SSSR count). The first-order chi connectivity index (χ1) is 11.7. The zero-order valence-corrected chi connectivity index (χ0v) is 13.8. The van der Waals surface area contributed by atoms with Crippen molar-refractivity contribution >= 4 is 17.1 Å². The van der Waals surface area contributed by atoms with Gasteiger partial charge in [0.25, 0.3) is 0 Å². The first-order valence-corrected chi connectivity index (χ1v) is 8.23. The summed E-state index contributed by atoms with van der Waals surface area (Å²) in [5.74, 6) is 0. The molecule has 1 heterocycles. The fraction of sp³-hybridized carbons (Fsp3) is 0.263. The molecule has 0 aliphatic heterocycles. The summed E-state index contributed by atoms with van der Waals surface area (Å²) in [6, 6.07) is 17.8. The maximum atomic E-state index is 12.0. The summed E-state index contributed by atoms with van der Waals surface area (Å²) < 4.78 is 2.11. The number of hydrogen-bond donors (Lipinski definition) is 2. The Kier molecular flexibility index (Phi) is 5.11. The Labute approximate surface area is 141 Å². The molecule has 1 aromatic heterocycles. The highest BCUT2D eigenvalue weighted by Crippen LogP contribution is 2.12. The molecule has 2 aromatic carbocycles. The Morgan fingerprint density at radius 2 is 1.88 bits per heavy atom. The van der Waals surface area contributed by atoms with Gasteiger partial charge in [-0.25, -0.2) is 9.78 Å². The molecule has 3 aromatic rings. The Bertz CT molecular complexity index is 797. The van der Waals surface area contributed by atoms with Crippen LogP contribution in [0.3, 0.4) is 0 Å². The maximum Gasteiger partial charge on any atom is 0.315 e. The Balaban J connectivity index is 1.42. The number of nitrogens with zero attached hydrogens (tertiary/aromatic N) is 2. The third-order valence-electron chi connectivity index (χ3n) is 4.04. The molecule has 2 N–H and O–H groups in total. The zero-order valence-electron chi connectivity index (χ0n) is 13.8. The zero-order chi connectivity index (χ0) is 16.8. The van der Waals surface area contributed by atoms with E-state index in [1.807, 2.05) is 61.8 Å². The van der Waals surface area contributed by atoms with E-state index in [2.05, 4.69) is 26.3 Å². The highest BCUT2D eigenvalue weighted by atomic mass is 16.2. The van der Waals surface area contributed by atoms with Crippen LogP contribution in [0.25, 0.3) is 11.0 Å². The lowest BCUT2D eigenvalue weighted by atomic mass is 10.1. The molecule has 0 radical (unpaired) electrons. The van der Waals surface area contributed by atoms with Crippen molar-refractivity contribution in [3.05, 3.63) is 66.5 Å². The second-order valence-corrected chi connectivity index (χ2v) is 5.81. The summed E-state index contributed by atoms with van der Waals surface area (Å²) in [6.45, 7) is 3.43. The molecule has 0 bridgehead atoms. The molecular weight excluding hydrogens is 300 g/mol. The smallest absolute Gasteiger partial charge is 0.315 e. The molecule has 124 valence electrons. The molecule has 1 unspecified atom stereocenters. The number of aromatic nitrogens is 2. The van der Waals surface area contributed by atoms with Gasteiger partial charge < -0.3 is 15.2 Å². The second-order valence-electron chi connectivity index (χ2n) is 5.81. The molecular formula is C19H22N4O. The first-order valence-electron chi connectivity index (χ1n) is 8.23. The Hall–Kier alpha value is -2.82. The summed E-state index contributed by atoms with van der Waals surface area (Å²) in [5.41, 5.74) is 3.22. The lowest BCUT2D eigenvalue weighted by molar-refractivity contribution is 0.237. The number of hydrogen-bond acceptors (Lipinski definition) is 2. The predicted molar refractivity (Wildman–Crippen MR) is 95.7 cm³/mol. The van der Waals surface area contributed by atoms with Crippen LogP contribution >= 0.6 is 0 Å². The number of amides is 2. The highest BCUT2D eigenvalue weighted by molar-refractivity contribution is 5.75. The van der Waals surface area contributed by atoms with Crippen molar-refractivity contribution in [3.63, 3.8) is 0 Å². The number of urea groups is 1. The minimum Gasteiger partial charge on any atom is -0.338 e. The standard InChI is InChI=1S/C19H22N4O/c1-15(16-8-3-2-4-9-16)22-19(24)20-12-7-13-23-14-21-17-10-5-6-11-18(17)23/h2-6,8-11,14-15H,7,12-13H2,1H3,(H2,20,22,24). The van der Waals surface area contributed by atoms with E-state index in [1.54, 1.807) is 0 Å². The van der Waals surface area contributed by atoms with E-state index in [9.17, 15) is 4.79 Å². The largest absolute Gasteiger partial charge is 0.338 e. The van der Waals surface area contributed by atoms with Gasteiger partial charge in [-0.15, -0.1) is 0 Å². The van der Waals surface area contributed by atoms with E-state index in [0.29, 0.717) is 6.54 Å². The lowest BCUT2D eigenvalue weighted by Gasteiger charge is -2.15. The van der Waals surface area contributed by atoms with E-state index in [1.165, 1.54) is 0 Å². The predicted octanol–water partition coefficient (Wildman–Crippen LogP) is 3.49. The van der Waals surface area contributed by atoms with Gasteiger partial charge in [-0.05, 0) is 31.0 Å². The summed E-state index contributed by atoms with van der Waals surface area (Å²) in [6.07, 6.45) is 2.70. The number of fused-ring (bicyclic) bond motifs is 1. The van der Waals surface area contributed by atoms with Crippen molar-refractivity contribution < 1.29 is 4.79 Å². The van der Waals surface area contributed by atoms with Crippen LogP contribution in [-0.2, 0) is 6.54 Å². The fourth-order valence-corrected chi connectivity index (χ4v) is 2.71. The third-order valence-corrected chi connectivity index (χ3v) is 4.04. The molecule has 0 saturated heterocycles. The van der Waals surface area contributed by atoms with Gasteiger partial charge >= 0.3 is 6.03 Å². The average molecular weight is 322 g/mol. The number of imidazole rings is 1. The van der Waals surface area contributed by atoms with Crippen molar-refractivity contribution in [2.45, 2.75) is 25.9 Å². The molecule has 0 saturated carbocycles. The number of para-hydroxylation sites is 2. The number of benzene rings is 2. The molecule has 5 heteroatoms. The van der Waals surface area contributed by atoms with Crippen LogP contribution in [0, 0.1) is 0 Å². The van der Waals surface area contributed by atoms with Gasteiger partial charge in [0.15, 0.2) is 0 Å². The van der Waals surface area contributed by atoms with Crippen LogP contribution in [0.1, 0.15) is 24.9 Å². The summed E-state index contributed by atoms with van der Waals surface area (Å²) in [4.78, 5) is 16.3. The Morgan fingerprint density at radius 1 is 1.12 bits per heavy atom. The number of rotatable bonds is 6. The third kappa shape index (κ3) is 3.93. The molecule has 0 aliphatic carbocycles. The van der Waals surface area contributed by atoms with Gasteiger partial charge in [0.1, 0.15) is 0 Å². The minimum absolute atomic E-state index is 0.0104. The van der Waals surface area contributed by atoms with E-state index in [4.69, 9.17) is 0 Å². The van der Waals surface area contributed by atoms with E-state index >= 15 is 0 Å². The normalized spacial score (nSPS) is 12.0. The van der Waals surface area contributed by atoms with Crippen LogP contribution in [0.4, 0.5) is 4.79 Å². The monoisotopic (exact) mass is 322 g/mol. The number of carbonyl (C=O) groups is 1. The van der Waals surface area contributed by atoms with Crippen LogP contribution in [0.5, 0.6) is 0 Å². The quantitative estimate of drug-likeness (QED) is 0.683. The summed E-state index contributed by atoms with van der Waals surface area (Å²) in [5, 5.41) is 5.86. The molecule has 0 aliphatic rings. The van der Waals surface area contributed by atoms with Gasteiger partial charge in [-0.1, -0.05) is 42.5 Å². The van der Waals surface area contributed by atoms with Crippen LogP contribution in [0.2, 0.25) is 0 Å². The fourth-order valence-electron chi connectivity index (χ4n) is 2.71. The van der Waals surface area contributed by atoms with Crippen molar-refractivity contribution in [2.24, 2.45) is 0 Å². The van der Waals surface area contributed by atoms with E-state index < -0.39 is 0 Å². The van der Waals surface area contributed by atoms with Crippen LogP contribution < -0.4 is 10.6 Å². The second kappa shape index (κ2) is 7.64. The van der Waals surface area contributed by atoms with Crippen LogP contribution in [-0.4, -0.2) is 22.1 Å². The van der Waals surface area contributed by atoms with Gasteiger partial charge in [-0.2, -0.15) is 0 Å². The van der Waals surface area contributed by atoms with E-state index in [0.717, 1.165) is 29.6 Å². The summed E-state index contributed by atoms with van der Waals surface area (Å²) >= 11 is 0. The average Bonchev–Trinajstić information content (AvgIpc) is 3.03. The number of carbonyl (C=O) groups excluding carboxylic acids is 1. The SMILES string of the molecule is CC(NC(=O)NCCCn1cnc2ccccc21)c1ccccc1. The van der Waals surface area contributed by atoms with Crippen LogP contribution in [0.15, 0.2) is 60.9 Å². The molecule has 0 fully saturated rings. The van der Waals surface area contributed by atoms with Gasteiger partial charge in [0.05, 0.1) is 23.4 Å². The van der Waals surface area contributed by atoms with Gasteiger partial charge in [0.2, 0.25) is 0 Å². The molecule has 5 nitrogen and oxygen atoms in total. The summed E-state index contributed by atoms with van der Waals surface area (Å²) in [7, 11) is 0. The molecule has 0 spiro atoms. The highest BCUT2D eigenvalue weighted by Gasteiger charge is 2.08. The Morgan fingerprint density at radius 3 is 2.71 bits per heavy atom. The maximum absolute atomic E-state index is 12.0.